The lowest BCUT2D eigenvalue weighted by Crippen LogP contribution is -2.25. The van der Waals surface area contributed by atoms with Crippen molar-refractivity contribution in [1.29, 1.82) is 0 Å². The second kappa shape index (κ2) is 7.64. The molecule has 3 aliphatic rings. The zero-order chi connectivity index (χ0) is 18.1. The summed E-state index contributed by atoms with van der Waals surface area (Å²) in [6.45, 7) is 6.59. The van der Waals surface area contributed by atoms with Crippen LogP contribution in [0, 0.1) is 0 Å². The molecule has 1 atom stereocenters. The van der Waals surface area contributed by atoms with Crippen LogP contribution in [0.3, 0.4) is 0 Å². The number of oxazole rings is 1. The van der Waals surface area contributed by atoms with Gasteiger partial charge in [-0.1, -0.05) is 0 Å². The maximum Gasteiger partial charge on any atom is 0.229 e. The number of nitrogens with zero attached hydrogens (tertiary/aromatic N) is 3. The zero-order valence-corrected chi connectivity index (χ0v) is 16.0. The standard InChI is InChI=1S/C22H29N3O2/c1-2-9-24(8-1)12-14-26-21-15-17-5-6-20(25-10-3-4-11-25)18(17)16-19(21)22-23-7-13-27-22/h7,13,15-16,20H,1-6,8-12,14H2. The monoisotopic (exact) mass is 367 g/mol. The molecule has 1 unspecified atom stereocenters. The van der Waals surface area contributed by atoms with Gasteiger partial charge in [-0.2, -0.15) is 0 Å². The van der Waals surface area contributed by atoms with E-state index in [1.165, 1.54) is 69.4 Å². The first-order valence-corrected chi connectivity index (χ1v) is 10.5. The number of fused-ring (bicyclic) bond motifs is 1. The fourth-order valence-corrected chi connectivity index (χ4v) is 4.98. The number of hydrogen-bond donors (Lipinski definition) is 0. The van der Waals surface area contributed by atoms with E-state index in [0.717, 1.165) is 30.9 Å². The molecule has 0 bridgehead atoms. The van der Waals surface area contributed by atoms with Gasteiger partial charge in [0.05, 0.1) is 11.8 Å². The molecular weight excluding hydrogens is 338 g/mol. The van der Waals surface area contributed by atoms with Gasteiger partial charge < -0.3 is 9.15 Å². The lowest BCUT2D eigenvalue weighted by atomic mass is 10.0. The summed E-state index contributed by atoms with van der Waals surface area (Å²) in [6, 6.07) is 5.10. The van der Waals surface area contributed by atoms with E-state index in [4.69, 9.17) is 9.15 Å². The van der Waals surface area contributed by atoms with Gasteiger partial charge in [-0.05, 0) is 88.0 Å². The Balaban J connectivity index is 1.40. The lowest BCUT2D eigenvalue weighted by molar-refractivity contribution is 0.237. The van der Waals surface area contributed by atoms with E-state index in [1.54, 1.807) is 12.5 Å². The number of rotatable bonds is 6. The van der Waals surface area contributed by atoms with Crippen LogP contribution in [-0.2, 0) is 6.42 Å². The summed E-state index contributed by atoms with van der Waals surface area (Å²) in [4.78, 5) is 9.55. The highest BCUT2D eigenvalue weighted by Crippen LogP contribution is 2.43. The van der Waals surface area contributed by atoms with Gasteiger partial charge in [0.2, 0.25) is 5.89 Å². The second-order valence-electron chi connectivity index (χ2n) is 8.08. The van der Waals surface area contributed by atoms with Crippen molar-refractivity contribution in [3.63, 3.8) is 0 Å². The van der Waals surface area contributed by atoms with Crippen molar-refractivity contribution in [3.8, 4) is 17.2 Å². The van der Waals surface area contributed by atoms with Crippen LogP contribution < -0.4 is 4.74 Å². The van der Waals surface area contributed by atoms with E-state index >= 15 is 0 Å². The Labute approximate surface area is 161 Å². The molecule has 5 heteroatoms. The van der Waals surface area contributed by atoms with Crippen LogP contribution >= 0.6 is 0 Å². The van der Waals surface area contributed by atoms with Gasteiger partial charge in [0, 0.05) is 12.6 Å². The van der Waals surface area contributed by atoms with E-state index in [9.17, 15) is 0 Å². The molecule has 2 saturated heterocycles. The molecule has 1 aliphatic carbocycles. The van der Waals surface area contributed by atoms with Gasteiger partial charge in [0.25, 0.3) is 0 Å². The topological polar surface area (TPSA) is 41.7 Å². The number of aromatic nitrogens is 1. The highest BCUT2D eigenvalue weighted by atomic mass is 16.5. The van der Waals surface area contributed by atoms with E-state index < -0.39 is 0 Å². The number of likely N-dealkylation sites (tertiary alicyclic amines) is 2. The van der Waals surface area contributed by atoms with Gasteiger partial charge in [0.15, 0.2) is 0 Å². The van der Waals surface area contributed by atoms with Gasteiger partial charge in [-0.15, -0.1) is 0 Å². The maximum atomic E-state index is 6.25. The normalized spacial score (nSPS) is 23.2. The highest BCUT2D eigenvalue weighted by molar-refractivity contribution is 5.66. The van der Waals surface area contributed by atoms with Crippen molar-refractivity contribution < 1.29 is 9.15 Å². The molecule has 5 rings (SSSR count). The predicted molar refractivity (Wildman–Crippen MR) is 105 cm³/mol. The Morgan fingerprint density at radius 2 is 1.89 bits per heavy atom. The Morgan fingerprint density at radius 1 is 1.07 bits per heavy atom. The molecular formula is C22H29N3O2. The molecule has 27 heavy (non-hydrogen) atoms. The van der Waals surface area contributed by atoms with E-state index in [1.807, 2.05) is 0 Å². The minimum absolute atomic E-state index is 0.551. The minimum atomic E-state index is 0.551. The minimum Gasteiger partial charge on any atom is -0.491 e. The van der Waals surface area contributed by atoms with Crippen molar-refractivity contribution >= 4 is 0 Å². The third-order valence-electron chi connectivity index (χ3n) is 6.40. The Morgan fingerprint density at radius 3 is 2.67 bits per heavy atom. The van der Waals surface area contributed by atoms with Crippen molar-refractivity contribution in [2.75, 3.05) is 39.3 Å². The Kier molecular flexibility index (Phi) is 4.89. The zero-order valence-electron chi connectivity index (χ0n) is 16.0. The fraction of sp³-hybridized carbons (Fsp3) is 0.591. The third-order valence-corrected chi connectivity index (χ3v) is 6.40. The van der Waals surface area contributed by atoms with Crippen LogP contribution in [0.15, 0.2) is 29.0 Å². The molecule has 0 radical (unpaired) electrons. The summed E-state index contributed by atoms with van der Waals surface area (Å²) in [5, 5.41) is 0. The van der Waals surface area contributed by atoms with Crippen LogP contribution in [0.1, 0.15) is 49.3 Å². The molecule has 0 spiro atoms. The van der Waals surface area contributed by atoms with Crippen molar-refractivity contribution in [2.45, 2.75) is 44.6 Å². The summed E-state index contributed by atoms with van der Waals surface area (Å²) in [5.41, 5.74) is 3.90. The summed E-state index contributed by atoms with van der Waals surface area (Å²) >= 11 is 0. The van der Waals surface area contributed by atoms with Gasteiger partial charge in [-0.25, -0.2) is 4.98 Å². The summed E-state index contributed by atoms with van der Waals surface area (Å²) < 4.78 is 11.9. The first-order valence-electron chi connectivity index (χ1n) is 10.5. The highest BCUT2D eigenvalue weighted by Gasteiger charge is 2.31. The summed E-state index contributed by atoms with van der Waals surface area (Å²) in [7, 11) is 0. The predicted octanol–water partition coefficient (Wildman–Crippen LogP) is 3.90. The molecule has 2 aromatic rings. The van der Waals surface area contributed by atoms with Crippen LogP contribution in [0.5, 0.6) is 5.75 Å². The number of ether oxygens (including phenoxy) is 1. The van der Waals surface area contributed by atoms with Gasteiger partial charge in [0.1, 0.15) is 18.6 Å². The lowest BCUT2D eigenvalue weighted by Gasteiger charge is -2.25. The average molecular weight is 367 g/mol. The molecule has 3 heterocycles. The number of benzene rings is 1. The van der Waals surface area contributed by atoms with Crippen LogP contribution in [0.4, 0.5) is 0 Å². The SMILES string of the molecule is c1coc(-c2cc3c(cc2OCCN2CCCC2)CCC3N2CCCC2)n1. The Bertz CT molecular complexity index is 762. The largest absolute Gasteiger partial charge is 0.491 e. The smallest absolute Gasteiger partial charge is 0.229 e. The number of aryl methyl sites for hydroxylation is 1. The molecule has 144 valence electrons. The fourth-order valence-electron chi connectivity index (χ4n) is 4.98. The van der Waals surface area contributed by atoms with Crippen molar-refractivity contribution in [2.24, 2.45) is 0 Å². The molecule has 2 fully saturated rings. The first kappa shape index (κ1) is 17.3. The second-order valence-corrected chi connectivity index (χ2v) is 8.08. The molecule has 1 aromatic heterocycles. The van der Waals surface area contributed by atoms with Crippen LogP contribution in [0.25, 0.3) is 11.5 Å². The van der Waals surface area contributed by atoms with E-state index in [-0.39, 0.29) is 0 Å². The average Bonchev–Trinajstić information content (AvgIpc) is 3.48. The first-order chi connectivity index (χ1) is 13.4. The number of hydrogen-bond acceptors (Lipinski definition) is 5. The molecule has 0 N–H and O–H groups in total. The Hall–Kier alpha value is -1.85. The van der Waals surface area contributed by atoms with Crippen LogP contribution in [0.2, 0.25) is 0 Å². The molecule has 1 aromatic carbocycles. The van der Waals surface area contributed by atoms with Gasteiger partial charge >= 0.3 is 0 Å². The van der Waals surface area contributed by atoms with Crippen molar-refractivity contribution in [3.05, 3.63) is 35.7 Å². The quantitative estimate of drug-likeness (QED) is 0.775. The van der Waals surface area contributed by atoms with Gasteiger partial charge in [-0.3, -0.25) is 9.80 Å². The van der Waals surface area contributed by atoms with Crippen LogP contribution in [-0.4, -0.2) is 54.1 Å². The van der Waals surface area contributed by atoms with Crippen molar-refractivity contribution in [1.82, 2.24) is 14.8 Å². The maximum absolute atomic E-state index is 6.25. The molecule has 2 aliphatic heterocycles. The van der Waals surface area contributed by atoms with E-state index in [0.29, 0.717) is 11.9 Å². The third kappa shape index (κ3) is 3.50. The van der Waals surface area contributed by atoms with E-state index in [2.05, 4.69) is 26.9 Å². The molecule has 5 nitrogen and oxygen atoms in total. The molecule has 0 amide bonds. The summed E-state index contributed by atoms with van der Waals surface area (Å²) in [6.07, 6.45) is 11.0. The summed E-state index contributed by atoms with van der Waals surface area (Å²) in [5.74, 6) is 1.60. The molecule has 0 saturated carbocycles.